The van der Waals surface area contributed by atoms with Gasteiger partial charge >= 0.3 is 0 Å². The van der Waals surface area contributed by atoms with Gasteiger partial charge in [-0.05, 0) is 50.1 Å². The number of benzene rings is 1. The predicted molar refractivity (Wildman–Crippen MR) is 79.7 cm³/mol. The van der Waals surface area contributed by atoms with Crippen LogP contribution in [0.25, 0.3) is 0 Å². The highest BCUT2D eigenvalue weighted by Gasteiger charge is 2.10. The lowest BCUT2D eigenvalue weighted by molar-refractivity contribution is -0.115. The van der Waals surface area contributed by atoms with E-state index in [2.05, 4.69) is 10.6 Å². The summed E-state index contributed by atoms with van der Waals surface area (Å²) in [5.74, 6) is 0.765. The maximum absolute atomic E-state index is 11.9. The van der Waals surface area contributed by atoms with E-state index in [-0.39, 0.29) is 18.5 Å². The van der Waals surface area contributed by atoms with Crippen molar-refractivity contribution in [3.05, 3.63) is 53.5 Å². The fraction of sp³-hybridized carbons (Fsp3) is 0.312. The molecule has 4 nitrogen and oxygen atoms in total. The van der Waals surface area contributed by atoms with E-state index >= 15 is 0 Å². The zero-order valence-electron chi connectivity index (χ0n) is 12.1. The number of carbonyl (C=O) groups excluding carboxylic acids is 1. The van der Waals surface area contributed by atoms with Gasteiger partial charge in [-0.3, -0.25) is 10.1 Å². The van der Waals surface area contributed by atoms with Crippen molar-refractivity contribution in [3.63, 3.8) is 0 Å². The second kappa shape index (κ2) is 6.39. The molecule has 2 rings (SSSR count). The van der Waals surface area contributed by atoms with E-state index in [4.69, 9.17) is 4.42 Å². The van der Waals surface area contributed by atoms with Crippen LogP contribution in [0.2, 0.25) is 0 Å². The molecule has 1 aromatic heterocycles. The van der Waals surface area contributed by atoms with Crippen LogP contribution in [-0.4, -0.2) is 12.5 Å². The number of anilines is 1. The molecule has 0 radical (unpaired) electrons. The number of amides is 1. The number of carbonyl (C=O) groups is 1. The summed E-state index contributed by atoms with van der Waals surface area (Å²) in [5, 5.41) is 6.05. The van der Waals surface area contributed by atoms with Crippen LogP contribution >= 0.6 is 0 Å². The summed E-state index contributed by atoms with van der Waals surface area (Å²) in [6, 6.07) is 9.74. The molecule has 2 N–H and O–H groups in total. The van der Waals surface area contributed by atoms with Crippen molar-refractivity contribution >= 4 is 11.6 Å². The minimum absolute atomic E-state index is 0.00866. The molecule has 0 spiro atoms. The highest BCUT2D eigenvalue weighted by molar-refractivity contribution is 5.93. The van der Waals surface area contributed by atoms with Gasteiger partial charge in [-0.25, -0.2) is 0 Å². The lowest BCUT2D eigenvalue weighted by Gasteiger charge is -2.13. The first-order valence-electron chi connectivity index (χ1n) is 6.70. The molecule has 0 unspecified atom stereocenters. The van der Waals surface area contributed by atoms with Gasteiger partial charge in [0.15, 0.2) is 0 Å². The molecular formula is C16H20N2O2. The second-order valence-electron chi connectivity index (χ2n) is 4.98. The molecule has 0 aliphatic rings. The highest BCUT2D eigenvalue weighted by atomic mass is 16.3. The Labute approximate surface area is 119 Å². The molecule has 1 heterocycles. The van der Waals surface area contributed by atoms with E-state index in [9.17, 15) is 4.79 Å². The Hall–Kier alpha value is -2.07. The van der Waals surface area contributed by atoms with Gasteiger partial charge in [0.05, 0.1) is 18.8 Å². The van der Waals surface area contributed by atoms with Gasteiger partial charge in [0.1, 0.15) is 5.76 Å². The largest absolute Gasteiger partial charge is 0.468 e. The molecule has 0 saturated heterocycles. The lowest BCUT2D eigenvalue weighted by atomic mass is 10.1. The quantitative estimate of drug-likeness (QED) is 0.879. The average Bonchev–Trinajstić information content (AvgIpc) is 2.94. The van der Waals surface area contributed by atoms with Crippen molar-refractivity contribution < 1.29 is 9.21 Å². The van der Waals surface area contributed by atoms with Crippen LogP contribution in [-0.2, 0) is 4.79 Å². The maximum Gasteiger partial charge on any atom is 0.238 e. The van der Waals surface area contributed by atoms with Crippen molar-refractivity contribution in [2.24, 2.45) is 0 Å². The molecule has 1 atom stereocenters. The first kappa shape index (κ1) is 14.3. The molecule has 0 aliphatic heterocycles. The van der Waals surface area contributed by atoms with E-state index in [0.717, 1.165) is 22.6 Å². The smallest absolute Gasteiger partial charge is 0.238 e. The molecule has 1 amide bonds. The molecule has 20 heavy (non-hydrogen) atoms. The Morgan fingerprint density at radius 2 is 2.10 bits per heavy atom. The summed E-state index contributed by atoms with van der Waals surface area (Å²) >= 11 is 0. The van der Waals surface area contributed by atoms with Crippen LogP contribution in [0, 0.1) is 13.8 Å². The predicted octanol–water partition coefficient (Wildman–Crippen LogP) is 3.19. The number of hydrogen-bond acceptors (Lipinski definition) is 3. The third kappa shape index (κ3) is 3.71. The Balaban J connectivity index is 1.88. The number of nitrogens with one attached hydrogen (secondary N) is 2. The van der Waals surface area contributed by atoms with E-state index in [1.807, 2.05) is 51.1 Å². The standard InChI is InChI=1S/C16H20N2O2/c1-11-6-7-12(2)14(9-11)18-16(19)10-17-13(3)15-5-4-8-20-15/h4-9,13,17H,10H2,1-3H3,(H,18,19)/t13-/m1/s1. The van der Waals surface area contributed by atoms with Gasteiger partial charge in [-0.15, -0.1) is 0 Å². The minimum Gasteiger partial charge on any atom is -0.468 e. The summed E-state index contributed by atoms with van der Waals surface area (Å²) in [7, 11) is 0. The van der Waals surface area contributed by atoms with E-state index in [0.29, 0.717) is 0 Å². The van der Waals surface area contributed by atoms with Crippen LogP contribution in [0.4, 0.5) is 5.69 Å². The summed E-state index contributed by atoms with van der Waals surface area (Å²) in [4.78, 5) is 11.9. The van der Waals surface area contributed by atoms with Crippen molar-refractivity contribution in [2.45, 2.75) is 26.8 Å². The number of furan rings is 1. The first-order valence-corrected chi connectivity index (χ1v) is 6.70. The van der Waals surface area contributed by atoms with Gasteiger partial charge in [0.2, 0.25) is 5.91 Å². The monoisotopic (exact) mass is 272 g/mol. The Kier molecular flexibility index (Phi) is 4.58. The van der Waals surface area contributed by atoms with Gasteiger partial charge in [0.25, 0.3) is 0 Å². The van der Waals surface area contributed by atoms with E-state index < -0.39 is 0 Å². The van der Waals surface area contributed by atoms with Gasteiger partial charge < -0.3 is 9.73 Å². The van der Waals surface area contributed by atoms with E-state index in [1.54, 1.807) is 6.26 Å². The number of rotatable bonds is 5. The summed E-state index contributed by atoms with van der Waals surface area (Å²) in [5.41, 5.74) is 3.05. The molecule has 106 valence electrons. The fourth-order valence-electron chi connectivity index (χ4n) is 1.95. The van der Waals surface area contributed by atoms with Gasteiger partial charge in [-0.2, -0.15) is 0 Å². The van der Waals surface area contributed by atoms with Crippen LogP contribution < -0.4 is 10.6 Å². The number of aryl methyl sites for hydroxylation is 2. The SMILES string of the molecule is Cc1ccc(C)c(NC(=O)CN[C@H](C)c2ccco2)c1. The molecule has 0 bridgehead atoms. The molecular weight excluding hydrogens is 252 g/mol. The maximum atomic E-state index is 11.9. The van der Waals surface area contributed by atoms with Crippen LogP contribution in [0.3, 0.4) is 0 Å². The molecule has 0 fully saturated rings. The van der Waals surface area contributed by atoms with Crippen molar-refractivity contribution in [3.8, 4) is 0 Å². The third-order valence-corrected chi connectivity index (χ3v) is 3.21. The van der Waals surface area contributed by atoms with Crippen LogP contribution in [0.15, 0.2) is 41.0 Å². The molecule has 4 heteroatoms. The van der Waals surface area contributed by atoms with Crippen molar-refractivity contribution in [1.29, 1.82) is 0 Å². The highest BCUT2D eigenvalue weighted by Crippen LogP contribution is 2.16. The van der Waals surface area contributed by atoms with Crippen LogP contribution in [0.1, 0.15) is 29.9 Å². The van der Waals surface area contributed by atoms with Crippen molar-refractivity contribution in [2.75, 3.05) is 11.9 Å². The van der Waals surface area contributed by atoms with Gasteiger partial charge in [-0.1, -0.05) is 12.1 Å². The molecule has 2 aromatic rings. The average molecular weight is 272 g/mol. The minimum atomic E-state index is -0.0582. The van der Waals surface area contributed by atoms with E-state index in [1.165, 1.54) is 0 Å². The Bertz CT molecular complexity index is 576. The zero-order chi connectivity index (χ0) is 14.5. The Morgan fingerprint density at radius 1 is 1.30 bits per heavy atom. The topological polar surface area (TPSA) is 54.3 Å². The second-order valence-corrected chi connectivity index (χ2v) is 4.98. The molecule has 1 aromatic carbocycles. The first-order chi connectivity index (χ1) is 9.56. The third-order valence-electron chi connectivity index (χ3n) is 3.21. The number of hydrogen-bond donors (Lipinski definition) is 2. The van der Waals surface area contributed by atoms with Crippen LogP contribution in [0.5, 0.6) is 0 Å². The molecule has 0 aliphatic carbocycles. The summed E-state index contributed by atoms with van der Waals surface area (Å²) in [6.45, 7) is 6.19. The summed E-state index contributed by atoms with van der Waals surface area (Å²) < 4.78 is 5.29. The normalized spacial score (nSPS) is 12.2. The lowest BCUT2D eigenvalue weighted by Crippen LogP contribution is -2.30. The fourth-order valence-corrected chi connectivity index (χ4v) is 1.95. The Morgan fingerprint density at radius 3 is 2.80 bits per heavy atom. The van der Waals surface area contributed by atoms with Gasteiger partial charge in [0, 0.05) is 5.69 Å². The zero-order valence-corrected chi connectivity index (χ0v) is 12.1. The van der Waals surface area contributed by atoms with Crippen molar-refractivity contribution in [1.82, 2.24) is 5.32 Å². The summed E-state index contributed by atoms with van der Waals surface area (Å²) in [6.07, 6.45) is 1.63. The molecule has 0 saturated carbocycles.